The average molecular weight is 687 g/mol. The first kappa shape index (κ1) is 38.2. The third-order valence-electron chi connectivity index (χ3n) is 8.12. The summed E-state index contributed by atoms with van der Waals surface area (Å²) in [5, 5.41) is 1.88. The van der Waals surface area contributed by atoms with E-state index in [1.165, 1.54) is 0 Å². The molecule has 4 aromatic carbocycles. The second kappa shape index (κ2) is 16.4. The normalized spacial score (nSPS) is 12.2. The minimum absolute atomic E-state index is 0.104. The maximum absolute atomic E-state index is 6.70. The predicted molar refractivity (Wildman–Crippen MR) is 203 cm³/mol. The zero-order valence-electron chi connectivity index (χ0n) is 31.3. The van der Waals surface area contributed by atoms with Gasteiger partial charge in [-0.25, -0.2) is 0 Å². The lowest BCUT2D eigenvalue weighted by molar-refractivity contribution is 0.00470. The van der Waals surface area contributed by atoms with Crippen LogP contribution in [0.1, 0.15) is 84.6 Å². The summed E-state index contributed by atoms with van der Waals surface area (Å²) in [5.74, 6) is 3.19. The molecule has 0 saturated heterocycles. The van der Waals surface area contributed by atoms with Gasteiger partial charge in [0.1, 0.15) is 23.0 Å². The number of benzene rings is 4. The van der Waals surface area contributed by atoms with Crippen molar-refractivity contribution in [3.8, 4) is 23.0 Å². The molecule has 0 aromatic heterocycles. The topological polar surface area (TPSA) is 55.4 Å². The summed E-state index contributed by atoms with van der Waals surface area (Å²) in [5.41, 5.74) is 3.80. The highest BCUT2D eigenvalue weighted by molar-refractivity contribution is 7.74. The van der Waals surface area contributed by atoms with E-state index < -0.39 is 7.92 Å². The molecule has 7 heteroatoms. The lowest BCUT2D eigenvalue weighted by atomic mass is 9.86. The van der Waals surface area contributed by atoms with E-state index in [9.17, 15) is 0 Å². The van der Waals surface area contributed by atoms with Crippen molar-refractivity contribution in [2.75, 3.05) is 27.8 Å². The molecule has 0 N–H and O–H groups in total. The Balaban J connectivity index is 1.87. The van der Waals surface area contributed by atoms with Gasteiger partial charge in [0.05, 0.1) is 27.4 Å². The number of ether oxygens (including phenoxy) is 6. The van der Waals surface area contributed by atoms with E-state index in [4.69, 9.17) is 28.4 Å². The first-order valence-corrected chi connectivity index (χ1v) is 18.2. The average Bonchev–Trinajstić information content (AvgIpc) is 3.05. The summed E-state index contributed by atoms with van der Waals surface area (Å²) < 4.78 is 37.5. The van der Waals surface area contributed by atoms with Crippen molar-refractivity contribution in [2.24, 2.45) is 0 Å². The van der Waals surface area contributed by atoms with Crippen molar-refractivity contribution in [2.45, 2.75) is 91.5 Å². The zero-order valence-corrected chi connectivity index (χ0v) is 32.2. The molecule has 264 valence electrons. The summed E-state index contributed by atoms with van der Waals surface area (Å²) in [4.78, 5) is 0. The van der Waals surface area contributed by atoms with Crippen LogP contribution in [0.4, 0.5) is 0 Å². The van der Waals surface area contributed by atoms with Crippen LogP contribution in [0, 0.1) is 0 Å². The molecule has 0 bridgehead atoms. The van der Waals surface area contributed by atoms with Gasteiger partial charge in [-0.15, -0.1) is 0 Å². The van der Waals surface area contributed by atoms with E-state index in [0.717, 1.165) is 55.9 Å². The first-order chi connectivity index (χ1) is 23.1. The molecule has 0 heterocycles. The summed E-state index contributed by atoms with van der Waals surface area (Å²) in [7, 11) is 2.28. The SMILES string of the molecule is COc1cc(P(c2cc(OC)cc(C(C)(C)C)c2OCOCc2ccccc2)C(C)(C)C)c(OCOCc2ccccc2)c(C(C)(C)C)c1. The van der Waals surface area contributed by atoms with Crippen LogP contribution in [0.25, 0.3) is 0 Å². The monoisotopic (exact) mass is 686 g/mol. The molecule has 0 aliphatic rings. The van der Waals surface area contributed by atoms with Gasteiger partial charge in [0, 0.05) is 21.7 Å². The van der Waals surface area contributed by atoms with Gasteiger partial charge in [-0.05, 0) is 59.3 Å². The maximum atomic E-state index is 6.70. The van der Waals surface area contributed by atoms with E-state index in [1.807, 2.05) is 36.4 Å². The molecule has 49 heavy (non-hydrogen) atoms. The van der Waals surface area contributed by atoms with Gasteiger partial charge in [0.15, 0.2) is 13.6 Å². The fraction of sp³-hybridized carbons (Fsp3) is 0.429. The number of rotatable bonds is 14. The third-order valence-corrected chi connectivity index (χ3v) is 11.1. The van der Waals surface area contributed by atoms with Gasteiger partial charge in [-0.2, -0.15) is 0 Å². The molecule has 0 saturated carbocycles. The van der Waals surface area contributed by atoms with Crippen molar-refractivity contribution < 1.29 is 28.4 Å². The zero-order chi connectivity index (χ0) is 35.8. The quantitative estimate of drug-likeness (QED) is 0.0748. The van der Waals surface area contributed by atoms with E-state index in [1.54, 1.807) is 14.2 Å². The Morgan fingerprint density at radius 1 is 0.510 bits per heavy atom. The molecule has 4 aromatic rings. The van der Waals surface area contributed by atoms with Crippen LogP contribution in [-0.4, -0.2) is 33.0 Å². The smallest absolute Gasteiger partial charge is 0.189 e. The number of methoxy groups -OCH3 is 2. The predicted octanol–water partition coefficient (Wildman–Crippen LogP) is 9.64. The summed E-state index contributed by atoms with van der Waals surface area (Å²) in [6, 6.07) is 28.7. The summed E-state index contributed by atoms with van der Waals surface area (Å²) in [6.45, 7) is 21.1. The van der Waals surface area contributed by atoms with Crippen molar-refractivity contribution in [3.63, 3.8) is 0 Å². The van der Waals surface area contributed by atoms with Crippen molar-refractivity contribution in [1.29, 1.82) is 0 Å². The van der Waals surface area contributed by atoms with Gasteiger partial charge < -0.3 is 28.4 Å². The molecule has 0 aliphatic carbocycles. The minimum Gasteiger partial charge on any atom is -0.497 e. The highest BCUT2D eigenvalue weighted by Gasteiger charge is 2.38. The Morgan fingerprint density at radius 2 is 0.878 bits per heavy atom. The molecule has 6 nitrogen and oxygen atoms in total. The van der Waals surface area contributed by atoms with Crippen LogP contribution in [0.3, 0.4) is 0 Å². The fourth-order valence-electron chi connectivity index (χ4n) is 5.68. The Kier molecular flexibility index (Phi) is 12.8. The van der Waals surface area contributed by atoms with Crippen LogP contribution in [-0.2, 0) is 33.5 Å². The molecule has 0 atom stereocenters. The highest BCUT2D eigenvalue weighted by atomic mass is 31.1. The van der Waals surface area contributed by atoms with Crippen LogP contribution >= 0.6 is 7.92 Å². The second-order valence-corrected chi connectivity index (χ2v) is 18.2. The second-order valence-electron chi connectivity index (χ2n) is 15.2. The molecular formula is C42H55O6P. The van der Waals surface area contributed by atoms with E-state index in [0.29, 0.717) is 13.2 Å². The number of hydrogen-bond acceptors (Lipinski definition) is 6. The Bertz CT molecular complexity index is 1520. The Hall–Kier alpha value is -3.57. The van der Waals surface area contributed by atoms with Crippen LogP contribution in [0.15, 0.2) is 84.9 Å². The molecule has 0 unspecified atom stereocenters. The molecule has 0 fully saturated rings. The molecule has 4 rings (SSSR count). The van der Waals surface area contributed by atoms with Crippen LogP contribution < -0.4 is 29.6 Å². The third kappa shape index (κ3) is 10.2. The summed E-state index contributed by atoms with van der Waals surface area (Å²) >= 11 is 0. The Labute approximate surface area is 295 Å². The first-order valence-electron chi connectivity index (χ1n) is 16.9. The van der Waals surface area contributed by atoms with Gasteiger partial charge in [-0.3, -0.25) is 0 Å². The fourth-order valence-corrected chi connectivity index (χ4v) is 8.68. The van der Waals surface area contributed by atoms with E-state index >= 15 is 0 Å². The lowest BCUT2D eigenvalue weighted by Gasteiger charge is -2.37. The lowest BCUT2D eigenvalue weighted by Crippen LogP contribution is -2.32. The summed E-state index contributed by atoms with van der Waals surface area (Å²) in [6.07, 6.45) is 0. The minimum atomic E-state index is -1.15. The van der Waals surface area contributed by atoms with Crippen molar-refractivity contribution in [3.05, 3.63) is 107 Å². The van der Waals surface area contributed by atoms with Crippen LogP contribution in [0.5, 0.6) is 23.0 Å². The van der Waals surface area contributed by atoms with Crippen molar-refractivity contribution in [1.82, 2.24) is 0 Å². The molecule has 0 amide bonds. The molecule has 0 radical (unpaired) electrons. The van der Waals surface area contributed by atoms with Gasteiger partial charge >= 0.3 is 0 Å². The van der Waals surface area contributed by atoms with E-state index in [2.05, 4.69) is 111 Å². The Morgan fingerprint density at radius 3 is 1.18 bits per heavy atom. The largest absolute Gasteiger partial charge is 0.497 e. The van der Waals surface area contributed by atoms with E-state index in [-0.39, 0.29) is 29.6 Å². The molecule has 0 spiro atoms. The van der Waals surface area contributed by atoms with Gasteiger partial charge in [0.25, 0.3) is 0 Å². The molecule has 0 aliphatic heterocycles. The number of hydrogen-bond donors (Lipinski definition) is 0. The van der Waals surface area contributed by atoms with Crippen molar-refractivity contribution >= 4 is 18.5 Å². The van der Waals surface area contributed by atoms with Crippen LogP contribution in [0.2, 0.25) is 0 Å². The molecular weight excluding hydrogens is 631 g/mol. The maximum Gasteiger partial charge on any atom is 0.189 e. The standard InChI is InChI=1S/C42H55O6P/c1-40(2,3)34-22-32(43-10)24-36(38(34)47-28-45-26-30-18-14-12-15-19-30)49(42(7,8)9)37-25-33(44-11)23-35(41(4,5)6)39(37)48-29-46-27-31-20-16-13-17-21-31/h12-25H,26-29H2,1-11H3. The van der Waals surface area contributed by atoms with Gasteiger partial charge in [-0.1, -0.05) is 123 Å². The van der Waals surface area contributed by atoms with Gasteiger partial charge in [0.2, 0.25) is 0 Å². The highest BCUT2D eigenvalue weighted by Crippen LogP contribution is 2.55.